The fourth-order valence-electron chi connectivity index (χ4n) is 3.09. The number of hydrogen-bond donors (Lipinski definition) is 1. The van der Waals surface area contributed by atoms with Crippen molar-refractivity contribution in [2.24, 2.45) is 11.8 Å². The Morgan fingerprint density at radius 2 is 1.86 bits per heavy atom. The minimum atomic E-state index is -0.654. The predicted octanol–water partition coefficient (Wildman–Crippen LogP) is 3.57. The van der Waals surface area contributed by atoms with Crippen LogP contribution in [0.1, 0.15) is 44.7 Å². The number of nitrogens with zero attached hydrogens (tertiary/aromatic N) is 1. The molecule has 0 spiro atoms. The van der Waals surface area contributed by atoms with E-state index in [2.05, 4.69) is 49.9 Å². The Kier molecular flexibility index (Phi) is 5.40. The average Bonchev–Trinajstić information content (AvgIpc) is 2.42. The zero-order valence-corrected chi connectivity index (χ0v) is 13.4. The third-order valence-corrected chi connectivity index (χ3v) is 4.41. The summed E-state index contributed by atoms with van der Waals surface area (Å²) in [4.78, 5) is 13.5. The molecule has 1 aliphatic heterocycles. The van der Waals surface area contributed by atoms with E-state index in [-0.39, 0.29) is 5.92 Å². The monoisotopic (exact) mass is 289 g/mol. The summed E-state index contributed by atoms with van der Waals surface area (Å²) >= 11 is 0. The molecule has 0 amide bonds. The number of rotatable bonds is 5. The normalized spacial score (nSPS) is 23.4. The Balaban J connectivity index is 1.97. The smallest absolute Gasteiger partial charge is 0.307 e. The molecule has 2 atom stereocenters. The van der Waals surface area contributed by atoms with Crippen LogP contribution in [0.5, 0.6) is 0 Å². The van der Waals surface area contributed by atoms with E-state index in [1.54, 1.807) is 0 Å². The summed E-state index contributed by atoms with van der Waals surface area (Å²) in [5.41, 5.74) is 2.66. The largest absolute Gasteiger partial charge is 0.481 e. The molecular formula is C18H27NO2. The van der Waals surface area contributed by atoms with Crippen LogP contribution in [0.3, 0.4) is 0 Å². The first-order valence-electron chi connectivity index (χ1n) is 8.00. The number of benzene rings is 1. The lowest BCUT2D eigenvalue weighted by Crippen LogP contribution is -2.43. The number of carboxylic acids is 1. The fraction of sp³-hybridized carbons (Fsp3) is 0.611. The molecule has 3 nitrogen and oxygen atoms in total. The van der Waals surface area contributed by atoms with E-state index in [0.29, 0.717) is 18.5 Å². The average molecular weight is 289 g/mol. The van der Waals surface area contributed by atoms with Gasteiger partial charge in [-0.1, -0.05) is 38.1 Å². The van der Waals surface area contributed by atoms with Gasteiger partial charge in [0, 0.05) is 19.1 Å². The number of piperidine rings is 1. The van der Waals surface area contributed by atoms with Crippen LogP contribution in [-0.4, -0.2) is 28.6 Å². The van der Waals surface area contributed by atoms with Crippen molar-refractivity contribution in [3.05, 3.63) is 35.4 Å². The lowest BCUT2D eigenvalue weighted by Gasteiger charge is -2.36. The summed E-state index contributed by atoms with van der Waals surface area (Å²) in [6, 6.07) is 9.26. The Morgan fingerprint density at radius 3 is 2.43 bits per heavy atom. The van der Waals surface area contributed by atoms with E-state index >= 15 is 0 Å². The number of likely N-dealkylation sites (tertiary alicyclic amines) is 1. The third-order valence-electron chi connectivity index (χ3n) is 4.41. The van der Waals surface area contributed by atoms with Gasteiger partial charge in [0.1, 0.15) is 0 Å². The molecule has 0 aromatic heterocycles. The van der Waals surface area contributed by atoms with E-state index in [4.69, 9.17) is 0 Å². The Morgan fingerprint density at radius 1 is 1.24 bits per heavy atom. The molecule has 1 aromatic carbocycles. The molecular weight excluding hydrogens is 262 g/mol. The van der Waals surface area contributed by atoms with Gasteiger partial charge in [0.25, 0.3) is 0 Å². The van der Waals surface area contributed by atoms with Gasteiger partial charge in [-0.2, -0.15) is 0 Å². The number of carbonyl (C=O) groups is 1. The maximum absolute atomic E-state index is 11.2. The van der Waals surface area contributed by atoms with Gasteiger partial charge in [0.05, 0.1) is 5.92 Å². The van der Waals surface area contributed by atoms with Crippen LogP contribution in [0.2, 0.25) is 0 Å². The van der Waals surface area contributed by atoms with Gasteiger partial charge < -0.3 is 5.11 Å². The SMILES string of the molecule is CC(C)Cc1ccc(CN2CC(C(=O)O)CCC2C)cc1. The minimum Gasteiger partial charge on any atom is -0.481 e. The van der Waals surface area contributed by atoms with Gasteiger partial charge in [-0.05, 0) is 43.2 Å². The van der Waals surface area contributed by atoms with Crippen LogP contribution in [0, 0.1) is 11.8 Å². The van der Waals surface area contributed by atoms with Gasteiger partial charge in [-0.25, -0.2) is 0 Å². The van der Waals surface area contributed by atoms with E-state index in [0.717, 1.165) is 25.8 Å². The van der Waals surface area contributed by atoms with Gasteiger partial charge in [-0.3, -0.25) is 9.69 Å². The van der Waals surface area contributed by atoms with Crippen LogP contribution in [0.15, 0.2) is 24.3 Å². The highest BCUT2D eigenvalue weighted by Gasteiger charge is 2.29. The molecule has 0 radical (unpaired) electrons. The van der Waals surface area contributed by atoms with Crippen molar-refractivity contribution in [1.82, 2.24) is 4.90 Å². The van der Waals surface area contributed by atoms with Crippen molar-refractivity contribution in [1.29, 1.82) is 0 Å². The Labute approximate surface area is 128 Å². The first-order chi connectivity index (χ1) is 9.95. The quantitative estimate of drug-likeness (QED) is 0.901. The summed E-state index contributed by atoms with van der Waals surface area (Å²) in [5.74, 6) is -0.185. The van der Waals surface area contributed by atoms with Gasteiger partial charge in [0.15, 0.2) is 0 Å². The van der Waals surface area contributed by atoms with Crippen molar-refractivity contribution in [2.45, 2.75) is 52.6 Å². The molecule has 2 rings (SSSR count). The first kappa shape index (κ1) is 16.0. The van der Waals surface area contributed by atoms with Crippen molar-refractivity contribution < 1.29 is 9.90 Å². The van der Waals surface area contributed by atoms with Crippen LogP contribution in [0.25, 0.3) is 0 Å². The van der Waals surface area contributed by atoms with Gasteiger partial charge in [-0.15, -0.1) is 0 Å². The van der Waals surface area contributed by atoms with Gasteiger partial charge in [0.2, 0.25) is 0 Å². The highest BCUT2D eigenvalue weighted by atomic mass is 16.4. The Bertz CT molecular complexity index is 467. The molecule has 2 unspecified atom stereocenters. The fourth-order valence-corrected chi connectivity index (χ4v) is 3.09. The molecule has 1 aliphatic rings. The van der Waals surface area contributed by atoms with Crippen molar-refractivity contribution >= 4 is 5.97 Å². The molecule has 1 saturated heterocycles. The molecule has 1 aromatic rings. The standard InChI is InChI=1S/C18H27NO2/c1-13(2)10-15-5-7-16(8-6-15)11-19-12-17(18(20)21)9-4-14(19)3/h5-8,13-14,17H,4,9-12H2,1-3H3,(H,20,21). The summed E-state index contributed by atoms with van der Waals surface area (Å²) in [6.07, 6.45) is 2.89. The lowest BCUT2D eigenvalue weighted by molar-refractivity contribution is -0.144. The zero-order valence-electron chi connectivity index (χ0n) is 13.4. The van der Waals surface area contributed by atoms with E-state index < -0.39 is 5.97 Å². The molecule has 1 heterocycles. The van der Waals surface area contributed by atoms with Crippen LogP contribution in [-0.2, 0) is 17.8 Å². The number of carboxylic acid groups (broad SMARTS) is 1. The molecule has 116 valence electrons. The van der Waals surface area contributed by atoms with Crippen molar-refractivity contribution in [3.8, 4) is 0 Å². The lowest BCUT2D eigenvalue weighted by atomic mass is 9.93. The second-order valence-corrected chi connectivity index (χ2v) is 6.81. The zero-order chi connectivity index (χ0) is 15.4. The topological polar surface area (TPSA) is 40.5 Å². The maximum Gasteiger partial charge on any atom is 0.307 e. The van der Waals surface area contributed by atoms with E-state index in [1.807, 2.05) is 0 Å². The molecule has 0 bridgehead atoms. The molecule has 1 N–H and O–H groups in total. The van der Waals surface area contributed by atoms with Crippen LogP contribution < -0.4 is 0 Å². The second kappa shape index (κ2) is 7.08. The highest BCUT2D eigenvalue weighted by Crippen LogP contribution is 2.24. The second-order valence-electron chi connectivity index (χ2n) is 6.81. The summed E-state index contributed by atoms with van der Waals surface area (Å²) in [7, 11) is 0. The van der Waals surface area contributed by atoms with Crippen LogP contribution >= 0.6 is 0 Å². The summed E-state index contributed by atoms with van der Waals surface area (Å²) in [5, 5.41) is 9.20. The summed E-state index contributed by atoms with van der Waals surface area (Å²) in [6.45, 7) is 8.19. The first-order valence-corrected chi connectivity index (χ1v) is 8.00. The molecule has 1 fully saturated rings. The molecule has 3 heteroatoms. The molecule has 0 aliphatic carbocycles. The number of hydrogen-bond acceptors (Lipinski definition) is 2. The van der Waals surface area contributed by atoms with Crippen LogP contribution in [0.4, 0.5) is 0 Å². The van der Waals surface area contributed by atoms with E-state index in [9.17, 15) is 9.90 Å². The number of aliphatic carboxylic acids is 1. The molecule has 0 saturated carbocycles. The molecule has 21 heavy (non-hydrogen) atoms. The third kappa shape index (κ3) is 4.57. The van der Waals surface area contributed by atoms with Gasteiger partial charge >= 0.3 is 5.97 Å². The predicted molar refractivity (Wildman–Crippen MR) is 85.2 cm³/mol. The maximum atomic E-state index is 11.2. The van der Waals surface area contributed by atoms with Crippen molar-refractivity contribution in [3.63, 3.8) is 0 Å². The van der Waals surface area contributed by atoms with E-state index in [1.165, 1.54) is 11.1 Å². The summed E-state index contributed by atoms with van der Waals surface area (Å²) < 4.78 is 0. The Hall–Kier alpha value is -1.35. The minimum absolute atomic E-state index is 0.207. The van der Waals surface area contributed by atoms with Crippen molar-refractivity contribution in [2.75, 3.05) is 6.54 Å². The highest BCUT2D eigenvalue weighted by molar-refractivity contribution is 5.70.